The van der Waals surface area contributed by atoms with E-state index in [0.717, 1.165) is 12.8 Å². The number of hydrogen-bond donors (Lipinski definition) is 0. The zero-order valence-corrected chi connectivity index (χ0v) is 14.5. The summed E-state index contributed by atoms with van der Waals surface area (Å²) in [6.45, 7) is 4.23. The standard InChI is InChI=1S/C16H20FN3O3S/c1-11(2)24(21,22)20-9-3-4-13(10-20)16-19-18-15(23-16)12-5-7-14(17)8-6-12/h5-8,11,13H,3-4,9-10H2,1-2H3. The van der Waals surface area contributed by atoms with Crippen LogP contribution in [-0.2, 0) is 10.0 Å². The van der Waals surface area contributed by atoms with Gasteiger partial charge in [0, 0.05) is 18.7 Å². The Kier molecular flexibility index (Phi) is 4.69. The molecule has 1 fully saturated rings. The topological polar surface area (TPSA) is 76.3 Å². The maximum Gasteiger partial charge on any atom is 0.247 e. The van der Waals surface area contributed by atoms with E-state index in [9.17, 15) is 12.8 Å². The number of nitrogens with zero attached hydrogens (tertiary/aromatic N) is 3. The van der Waals surface area contributed by atoms with Crippen LogP contribution in [0, 0.1) is 5.82 Å². The Morgan fingerprint density at radius 1 is 1.25 bits per heavy atom. The molecule has 0 N–H and O–H groups in total. The van der Waals surface area contributed by atoms with Crippen LogP contribution in [-0.4, -0.2) is 41.3 Å². The Balaban J connectivity index is 1.79. The minimum absolute atomic E-state index is 0.117. The first-order valence-electron chi connectivity index (χ1n) is 7.96. The fourth-order valence-electron chi connectivity index (χ4n) is 2.78. The second kappa shape index (κ2) is 6.60. The van der Waals surface area contributed by atoms with Crippen molar-refractivity contribution in [2.75, 3.05) is 13.1 Å². The molecule has 1 saturated heterocycles. The molecule has 1 aromatic carbocycles. The van der Waals surface area contributed by atoms with Gasteiger partial charge in [-0.1, -0.05) is 0 Å². The van der Waals surface area contributed by atoms with E-state index in [-0.39, 0.29) is 11.7 Å². The molecule has 0 amide bonds. The van der Waals surface area contributed by atoms with Gasteiger partial charge in [-0.15, -0.1) is 10.2 Å². The Morgan fingerprint density at radius 2 is 1.96 bits per heavy atom. The molecule has 1 aliphatic rings. The summed E-state index contributed by atoms with van der Waals surface area (Å²) in [6, 6.07) is 5.81. The molecule has 1 aromatic heterocycles. The van der Waals surface area contributed by atoms with E-state index in [1.807, 2.05) is 0 Å². The molecule has 1 aliphatic heterocycles. The lowest BCUT2D eigenvalue weighted by Crippen LogP contribution is -2.42. The lowest BCUT2D eigenvalue weighted by atomic mass is 10.00. The highest BCUT2D eigenvalue weighted by molar-refractivity contribution is 7.89. The molecule has 0 radical (unpaired) electrons. The van der Waals surface area contributed by atoms with E-state index in [0.29, 0.717) is 30.4 Å². The molecule has 0 aliphatic carbocycles. The van der Waals surface area contributed by atoms with Crippen molar-refractivity contribution >= 4 is 10.0 Å². The molecule has 1 unspecified atom stereocenters. The Bertz CT molecular complexity index is 802. The van der Waals surface area contributed by atoms with Crippen molar-refractivity contribution in [1.82, 2.24) is 14.5 Å². The van der Waals surface area contributed by atoms with Gasteiger partial charge in [-0.2, -0.15) is 0 Å². The van der Waals surface area contributed by atoms with Gasteiger partial charge in [-0.25, -0.2) is 17.1 Å². The Morgan fingerprint density at radius 3 is 2.62 bits per heavy atom. The molecular formula is C16H20FN3O3S. The normalized spacial score (nSPS) is 19.8. The summed E-state index contributed by atoms with van der Waals surface area (Å²) < 4.78 is 44.9. The predicted molar refractivity (Wildman–Crippen MR) is 87.3 cm³/mol. The summed E-state index contributed by atoms with van der Waals surface area (Å²) in [4.78, 5) is 0. The van der Waals surface area contributed by atoms with Crippen LogP contribution in [0.4, 0.5) is 4.39 Å². The largest absolute Gasteiger partial charge is 0.420 e. The van der Waals surface area contributed by atoms with Crippen LogP contribution >= 0.6 is 0 Å². The molecular weight excluding hydrogens is 333 g/mol. The highest BCUT2D eigenvalue weighted by Crippen LogP contribution is 2.30. The maximum absolute atomic E-state index is 13.0. The first kappa shape index (κ1) is 17.0. The highest BCUT2D eigenvalue weighted by atomic mass is 32.2. The van der Waals surface area contributed by atoms with Gasteiger partial charge in [0.1, 0.15) is 5.82 Å². The number of rotatable bonds is 4. The Hall–Kier alpha value is -1.80. The van der Waals surface area contributed by atoms with Crippen molar-refractivity contribution in [3.63, 3.8) is 0 Å². The van der Waals surface area contributed by atoms with Gasteiger partial charge in [-0.05, 0) is 51.0 Å². The molecule has 2 heterocycles. The van der Waals surface area contributed by atoms with Crippen molar-refractivity contribution in [3.05, 3.63) is 36.0 Å². The molecule has 0 bridgehead atoms. The minimum atomic E-state index is -3.29. The van der Waals surface area contributed by atoms with Gasteiger partial charge in [0.05, 0.1) is 11.2 Å². The number of hydrogen-bond acceptors (Lipinski definition) is 5. The minimum Gasteiger partial charge on any atom is -0.420 e. The van der Waals surface area contributed by atoms with Crippen molar-refractivity contribution in [2.45, 2.75) is 37.9 Å². The lowest BCUT2D eigenvalue weighted by Gasteiger charge is -2.31. The highest BCUT2D eigenvalue weighted by Gasteiger charge is 2.33. The van der Waals surface area contributed by atoms with E-state index in [2.05, 4.69) is 10.2 Å². The van der Waals surface area contributed by atoms with E-state index in [1.165, 1.54) is 16.4 Å². The molecule has 2 aromatic rings. The number of piperidine rings is 1. The van der Waals surface area contributed by atoms with Crippen molar-refractivity contribution in [1.29, 1.82) is 0 Å². The summed E-state index contributed by atoms with van der Waals surface area (Å²) in [5, 5.41) is 7.62. The summed E-state index contributed by atoms with van der Waals surface area (Å²) in [6.07, 6.45) is 1.56. The van der Waals surface area contributed by atoms with Gasteiger partial charge in [0.15, 0.2) is 0 Å². The summed E-state index contributed by atoms with van der Waals surface area (Å²) in [5.41, 5.74) is 0.637. The first-order chi connectivity index (χ1) is 11.4. The summed E-state index contributed by atoms with van der Waals surface area (Å²) in [7, 11) is -3.29. The average molecular weight is 353 g/mol. The third-order valence-electron chi connectivity index (χ3n) is 4.22. The van der Waals surface area contributed by atoms with Crippen molar-refractivity contribution in [2.24, 2.45) is 0 Å². The number of aromatic nitrogens is 2. The number of halogens is 1. The van der Waals surface area contributed by atoms with E-state index < -0.39 is 15.3 Å². The molecule has 3 rings (SSSR count). The van der Waals surface area contributed by atoms with Crippen LogP contribution in [0.15, 0.2) is 28.7 Å². The smallest absolute Gasteiger partial charge is 0.247 e. The molecule has 0 saturated carbocycles. The zero-order chi connectivity index (χ0) is 17.3. The lowest BCUT2D eigenvalue weighted by molar-refractivity contribution is 0.284. The zero-order valence-electron chi connectivity index (χ0n) is 13.6. The molecule has 0 spiro atoms. The quantitative estimate of drug-likeness (QED) is 0.845. The molecule has 130 valence electrons. The van der Waals surface area contributed by atoms with E-state index in [4.69, 9.17) is 4.42 Å². The third kappa shape index (κ3) is 3.34. The molecule has 24 heavy (non-hydrogen) atoms. The van der Waals surface area contributed by atoms with Crippen molar-refractivity contribution < 1.29 is 17.2 Å². The second-order valence-corrected chi connectivity index (χ2v) is 8.73. The maximum atomic E-state index is 13.0. The summed E-state index contributed by atoms with van der Waals surface area (Å²) in [5.74, 6) is 0.293. The first-order valence-corrected chi connectivity index (χ1v) is 9.46. The fourth-order valence-corrected chi connectivity index (χ4v) is 4.15. The molecule has 8 heteroatoms. The van der Waals surface area contributed by atoms with E-state index >= 15 is 0 Å². The fraction of sp³-hybridized carbons (Fsp3) is 0.500. The third-order valence-corrected chi connectivity index (χ3v) is 6.46. The number of benzene rings is 1. The van der Waals surface area contributed by atoms with E-state index in [1.54, 1.807) is 26.0 Å². The molecule has 1 atom stereocenters. The number of sulfonamides is 1. The van der Waals surface area contributed by atoms with Crippen LogP contribution < -0.4 is 0 Å². The van der Waals surface area contributed by atoms with Gasteiger partial charge in [0.25, 0.3) is 0 Å². The van der Waals surface area contributed by atoms with Gasteiger partial charge >= 0.3 is 0 Å². The van der Waals surface area contributed by atoms with Crippen LogP contribution in [0.25, 0.3) is 11.5 Å². The predicted octanol–water partition coefficient (Wildman–Crippen LogP) is 2.79. The second-order valence-electron chi connectivity index (χ2n) is 6.24. The van der Waals surface area contributed by atoms with Crippen molar-refractivity contribution in [3.8, 4) is 11.5 Å². The SMILES string of the molecule is CC(C)S(=O)(=O)N1CCCC(c2nnc(-c3ccc(F)cc3)o2)C1. The van der Waals surface area contributed by atoms with Crippen LogP contribution in [0.3, 0.4) is 0 Å². The van der Waals surface area contributed by atoms with Crippen LogP contribution in [0.5, 0.6) is 0 Å². The Labute approximate surface area is 140 Å². The average Bonchev–Trinajstić information content (AvgIpc) is 3.05. The monoisotopic (exact) mass is 353 g/mol. The van der Waals surface area contributed by atoms with Gasteiger partial charge in [0.2, 0.25) is 21.8 Å². The van der Waals surface area contributed by atoms with Crippen LogP contribution in [0.1, 0.15) is 38.5 Å². The van der Waals surface area contributed by atoms with Gasteiger partial charge < -0.3 is 4.42 Å². The van der Waals surface area contributed by atoms with Gasteiger partial charge in [-0.3, -0.25) is 0 Å². The summed E-state index contributed by atoms with van der Waals surface area (Å²) >= 11 is 0. The molecule has 6 nitrogen and oxygen atoms in total. The van der Waals surface area contributed by atoms with Crippen LogP contribution in [0.2, 0.25) is 0 Å².